The fourth-order valence-corrected chi connectivity index (χ4v) is 4.66. The van der Waals surface area contributed by atoms with E-state index in [1.807, 2.05) is 17.0 Å². The Balaban J connectivity index is 1.27. The van der Waals surface area contributed by atoms with Gasteiger partial charge in [0, 0.05) is 44.6 Å². The molecule has 1 aliphatic heterocycles. The average molecular weight is 473 g/mol. The van der Waals surface area contributed by atoms with E-state index in [-0.39, 0.29) is 11.8 Å². The molecular formula is C27H29FN6O. The van der Waals surface area contributed by atoms with Crippen LogP contribution in [0.25, 0.3) is 16.9 Å². The number of piperazine rings is 1. The van der Waals surface area contributed by atoms with Crippen molar-refractivity contribution in [1.29, 1.82) is 0 Å². The van der Waals surface area contributed by atoms with E-state index in [4.69, 9.17) is 4.98 Å². The number of rotatable bonds is 5. The predicted octanol–water partition coefficient (Wildman–Crippen LogP) is 4.20. The highest BCUT2D eigenvalue weighted by Gasteiger charge is 2.23. The summed E-state index contributed by atoms with van der Waals surface area (Å²) in [7, 11) is 0. The van der Waals surface area contributed by atoms with Gasteiger partial charge in [0.2, 0.25) is 0 Å². The third-order valence-electron chi connectivity index (χ3n) is 6.31. The highest BCUT2D eigenvalue weighted by molar-refractivity contribution is 5.75. The second-order valence-corrected chi connectivity index (χ2v) is 9.11. The van der Waals surface area contributed by atoms with Gasteiger partial charge in [-0.2, -0.15) is 0 Å². The summed E-state index contributed by atoms with van der Waals surface area (Å²) in [4.78, 5) is 26.3. The van der Waals surface area contributed by atoms with Crippen molar-refractivity contribution in [3.63, 3.8) is 0 Å². The minimum atomic E-state index is -0.299. The smallest absolute Gasteiger partial charge is 0.317 e. The summed E-state index contributed by atoms with van der Waals surface area (Å²) in [6.07, 6.45) is 1.80. The van der Waals surface area contributed by atoms with Crippen LogP contribution >= 0.6 is 0 Å². The van der Waals surface area contributed by atoms with Crippen molar-refractivity contribution in [3.8, 4) is 5.69 Å². The molecule has 0 atom stereocenters. The number of carbonyl (C=O) groups excluding carboxylic acids is 1. The number of pyridine rings is 1. The Morgan fingerprint density at radius 1 is 1.00 bits per heavy atom. The number of halogens is 1. The maximum Gasteiger partial charge on any atom is 0.317 e. The SMILES string of the molecule is Cc1cc(C)cc(-n2c(CN3CCN(C(=O)NCc4cccc(F)c4)CC3)nc3cccnc32)c1. The van der Waals surface area contributed by atoms with Crippen LogP contribution in [0.2, 0.25) is 0 Å². The van der Waals surface area contributed by atoms with Gasteiger partial charge in [0.15, 0.2) is 5.65 Å². The van der Waals surface area contributed by atoms with Gasteiger partial charge in [-0.1, -0.05) is 18.2 Å². The van der Waals surface area contributed by atoms with Crippen LogP contribution in [0, 0.1) is 19.7 Å². The number of urea groups is 1. The normalized spacial score (nSPS) is 14.4. The average Bonchev–Trinajstić information content (AvgIpc) is 3.20. The predicted molar refractivity (Wildman–Crippen MR) is 134 cm³/mol. The van der Waals surface area contributed by atoms with Crippen molar-refractivity contribution in [2.45, 2.75) is 26.9 Å². The zero-order valence-corrected chi connectivity index (χ0v) is 20.0. The summed E-state index contributed by atoms with van der Waals surface area (Å²) in [6, 6.07) is 16.5. The van der Waals surface area contributed by atoms with Crippen LogP contribution in [0.5, 0.6) is 0 Å². The Morgan fingerprint density at radius 3 is 2.51 bits per heavy atom. The molecule has 0 unspecified atom stereocenters. The van der Waals surface area contributed by atoms with E-state index in [0.29, 0.717) is 26.2 Å². The Labute approximate surface area is 204 Å². The van der Waals surface area contributed by atoms with E-state index in [9.17, 15) is 9.18 Å². The lowest BCUT2D eigenvalue weighted by Gasteiger charge is -2.34. The van der Waals surface area contributed by atoms with Crippen molar-refractivity contribution in [3.05, 3.63) is 89.1 Å². The minimum absolute atomic E-state index is 0.124. The van der Waals surface area contributed by atoms with Crippen LogP contribution in [-0.4, -0.2) is 56.5 Å². The number of aromatic nitrogens is 3. The summed E-state index contributed by atoms with van der Waals surface area (Å²) in [6.45, 7) is 7.91. The lowest BCUT2D eigenvalue weighted by atomic mass is 10.1. The van der Waals surface area contributed by atoms with Crippen molar-refractivity contribution in [2.75, 3.05) is 26.2 Å². The number of nitrogens with zero attached hydrogens (tertiary/aromatic N) is 5. The fraction of sp³-hybridized carbons (Fsp3) is 0.296. The first-order chi connectivity index (χ1) is 17.0. The van der Waals surface area contributed by atoms with E-state index in [1.165, 1.54) is 23.3 Å². The molecule has 0 bridgehead atoms. The molecule has 1 aliphatic rings. The number of benzene rings is 2. The number of nitrogens with one attached hydrogen (secondary N) is 1. The summed E-state index contributed by atoms with van der Waals surface area (Å²) in [5.41, 5.74) is 5.92. The van der Waals surface area contributed by atoms with Crippen LogP contribution in [-0.2, 0) is 13.1 Å². The second kappa shape index (κ2) is 9.84. The third-order valence-corrected chi connectivity index (χ3v) is 6.31. The van der Waals surface area contributed by atoms with Crippen LogP contribution in [0.1, 0.15) is 22.5 Å². The molecule has 35 heavy (non-hydrogen) atoms. The van der Waals surface area contributed by atoms with E-state index in [2.05, 4.69) is 51.8 Å². The van der Waals surface area contributed by atoms with Gasteiger partial charge in [0.1, 0.15) is 17.2 Å². The van der Waals surface area contributed by atoms with Gasteiger partial charge in [-0.3, -0.25) is 9.47 Å². The zero-order chi connectivity index (χ0) is 24.4. The van der Waals surface area contributed by atoms with Gasteiger partial charge in [0.05, 0.1) is 6.54 Å². The quantitative estimate of drug-likeness (QED) is 0.473. The van der Waals surface area contributed by atoms with Gasteiger partial charge >= 0.3 is 6.03 Å². The number of fused-ring (bicyclic) bond motifs is 1. The minimum Gasteiger partial charge on any atom is -0.334 e. The van der Waals surface area contributed by atoms with Crippen molar-refractivity contribution >= 4 is 17.2 Å². The fourth-order valence-electron chi connectivity index (χ4n) is 4.66. The molecular weight excluding hydrogens is 443 g/mol. The van der Waals surface area contributed by atoms with E-state index < -0.39 is 0 Å². The monoisotopic (exact) mass is 472 g/mol. The Bertz CT molecular complexity index is 1340. The summed E-state index contributed by atoms with van der Waals surface area (Å²) < 4.78 is 15.5. The van der Waals surface area contributed by atoms with Crippen molar-refractivity contribution < 1.29 is 9.18 Å². The first-order valence-corrected chi connectivity index (χ1v) is 11.9. The van der Waals surface area contributed by atoms with E-state index >= 15 is 0 Å². The lowest BCUT2D eigenvalue weighted by Crippen LogP contribution is -2.51. The highest BCUT2D eigenvalue weighted by atomic mass is 19.1. The number of hydrogen-bond donors (Lipinski definition) is 1. The Morgan fingerprint density at radius 2 is 1.77 bits per heavy atom. The summed E-state index contributed by atoms with van der Waals surface area (Å²) in [5, 5.41) is 2.90. The maximum atomic E-state index is 13.4. The molecule has 2 aromatic heterocycles. The molecule has 0 saturated carbocycles. The van der Waals surface area contributed by atoms with Crippen LogP contribution < -0.4 is 5.32 Å². The first kappa shape index (κ1) is 23.0. The molecule has 2 amide bonds. The molecule has 3 heterocycles. The lowest BCUT2D eigenvalue weighted by molar-refractivity contribution is 0.133. The van der Waals surface area contributed by atoms with Crippen molar-refractivity contribution in [2.24, 2.45) is 0 Å². The molecule has 5 rings (SSSR count). The molecule has 0 radical (unpaired) electrons. The van der Waals surface area contributed by atoms with Gasteiger partial charge in [0.25, 0.3) is 0 Å². The molecule has 7 nitrogen and oxygen atoms in total. The topological polar surface area (TPSA) is 66.3 Å². The van der Waals surface area contributed by atoms with E-state index in [0.717, 1.165) is 41.3 Å². The Kier molecular flexibility index (Phi) is 6.46. The number of imidazole rings is 1. The molecule has 1 N–H and O–H groups in total. The second-order valence-electron chi connectivity index (χ2n) is 9.11. The molecule has 180 valence electrons. The van der Waals surface area contributed by atoms with Gasteiger partial charge in [-0.25, -0.2) is 19.2 Å². The number of aryl methyl sites for hydroxylation is 2. The zero-order valence-electron chi connectivity index (χ0n) is 20.0. The molecule has 2 aromatic carbocycles. The standard InChI is InChI=1S/C27H29FN6O/c1-19-13-20(2)15-23(14-19)34-25(31-24-7-4-8-29-26(24)34)18-32-9-11-33(12-10-32)27(35)30-17-21-5-3-6-22(28)16-21/h3-8,13-16H,9-12,17-18H2,1-2H3,(H,30,35). The molecule has 0 aliphatic carbocycles. The molecule has 4 aromatic rings. The van der Waals surface area contributed by atoms with Crippen LogP contribution in [0.4, 0.5) is 9.18 Å². The third kappa shape index (κ3) is 5.17. The number of hydrogen-bond acceptors (Lipinski definition) is 4. The molecule has 1 fully saturated rings. The molecule has 0 spiro atoms. The maximum absolute atomic E-state index is 13.4. The van der Waals surface area contributed by atoms with Gasteiger partial charge in [-0.15, -0.1) is 0 Å². The largest absolute Gasteiger partial charge is 0.334 e. The molecule has 1 saturated heterocycles. The number of amides is 2. The van der Waals surface area contributed by atoms with E-state index in [1.54, 1.807) is 18.3 Å². The summed E-state index contributed by atoms with van der Waals surface area (Å²) in [5.74, 6) is 0.639. The number of carbonyl (C=O) groups is 1. The highest BCUT2D eigenvalue weighted by Crippen LogP contribution is 2.23. The first-order valence-electron chi connectivity index (χ1n) is 11.9. The van der Waals surface area contributed by atoms with Crippen LogP contribution in [0.3, 0.4) is 0 Å². The van der Waals surface area contributed by atoms with Gasteiger partial charge in [-0.05, 0) is 66.9 Å². The molecule has 8 heteroatoms. The summed E-state index contributed by atoms with van der Waals surface area (Å²) >= 11 is 0. The Hall–Kier alpha value is -3.78. The van der Waals surface area contributed by atoms with Crippen LogP contribution in [0.15, 0.2) is 60.8 Å². The van der Waals surface area contributed by atoms with Crippen molar-refractivity contribution in [1.82, 2.24) is 29.7 Å². The van der Waals surface area contributed by atoms with Gasteiger partial charge < -0.3 is 10.2 Å².